The van der Waals surface area contributed by atoms with Gasteiger partial charge in [0.05, 0.1) is 6.54 Å². The molecule has 1 aliphatic rings. The van der Waals surface area contributed by atoms with Crippen molar-refractivity contribution in [2.75, 3.05) is 7.05 Å². The SMILES string of the molecule is CN=C(NCc1ncc(C)s1)NC1CC(C)CC(C)C1.I. The van der Waals surface area contributed by atoms with E-state index in [1.165, 1.54) is 24.1 Å². The Bertz CT molecular complexity index is 450. The number of aromatic nitrogens is 1. The van der Waals surface area contributed by atoms with E-state index in [9.17, 15) is 0 Å². The molecule has 0 aliphatic heterocycles. The Hall–Kier alpha value is -0.370. The molecule has 2 unspecified atom stereocenters. The van der Waals surface area contributed by atoms with E-state index in [0.717, 1.165) is 29.3 Å². The summed E-state index contributed by atoms with van der Waals surface area (Å²) < 4.78 is 0. The van der Waals surface area contributed by atoms with Gasteiger partial charge in [-0.05, 0) is 38.0 Å². The summed E-state index contributed by atoms with van der Waals surface area (Å²) in [4.78, 5) is 9.94. The first kappa shape index (κ1) is 18.7. The Morgan fingerprint density at radius 2 is 2.00 bits per heavy atom. The Balaban J connectivity index is 0.00000220. The Morgan fingerprint density at radius 3 is 2.52 bits per heavy atom. The van der Waals surface area contributed by atoms with Gasteiger partial charge >= 0.3 is 0 Å². The largest absolute Gasteiger partial charge is 0.354 e. The minimum atomic E-state index is 0. The summed E-state index contributed by atoms with van der Waals surface area (Å²) in [7, 11) is 1.83. The fraction of sp³-hybridized carbons (Fsp3) is 0.733. The van der Waals surface area contributed by atoms with Crippen molar-refractivity contribution in [3.05, 3.63) is 16.1 Å². The minimum absolute atomic E-state index is 0. The summed E-state index contributed by atoms with van der Waals surface area (Å²) in [5.74, 6) is 2.50. The normalized spacial score (nSPS) is 26.1. The van der Waals surface area contributed by atoms with Crippen LogP contribution in [0.2, 0.25) is 0 Å². The highest BCUT2D eigenvalue weighted by atomic mass is 127. The Morgan fingerprint density at radius 1 is 1.33 bits per heavy atom. The average Bonchev–Trinajstić information content (AvgIpc) is 2.79. The van der Waals surface area contributed by atoms with E-state index >= 15 is 0 Å². The van der Waals surface area contributed by atoms with E-state index in [1.54, 1.807) is 11.3 Å². The second-order valence-electron chi connectivity index (χ2n) is 6.05. The molecule has 0 bridgehead atoms. The lowest BCUT2D eigenvalue weighted by molar-refractivity contribution is 0.255. The number of hydrogen-bond donors (Lipinski definition) is 2. The molecule has 1 fully saturated rings. The van der Waals surface area contributed by atoms with Gasteiger partial charge in [-0.2, -0.15) is 0 Å². The number of aliphatic imine (C=N–C) groups is 1. The lowest BCUT2D eigenvalue weighted by Gasteiger charge is -2.32. The molecule has 2 N–H and O–H groups in total. The Kier molecular flexibility index (Phi) is 7.94. The van der Waals surface area contributed by atoms with Crippen LogP contribution in [-0.4, -0.2) is 24.0 Å². The molecule has 1 heterocycles. The van der Waals surface area contributed by atoms with Crippen LogP contribution in [0.4, 0.5) is 0 Å². The van der Waals surface area contributed by atoms with E-state index < -0.39 is 0 Å². The van der Waals surface area contributed by atoms with Crippen molar-refractivity contribution >= 4 is 41.3 Å². The van der Waals surface area contributed by atoms with Crippen molar-refractivity contribution in [1.82, 2.24) is 15.6 Å². The van der Waals surface area contributed by atoms with Crippen LogP contribution < -0.4 is 10.6 Å². The van der Waals surface area contributed by atoms with Gasteiger partial charge in [0.1, 0.15) is 5.01 Å². The van der Waals surface area contributed by atoms with Crippen molar-refractivity contribution < 1.29 is 0 Å². The zero-order chi connectivity index (χ0) is 14.5. The number of halogens is 1. The quantitative estimate of drug-likeness (QED) is 0.445. The summed E-state index contributed by atoms with van der Waals surface area (Å²) in [6.07, 6.45) is 5.74. The fourth-order valence-electron chi connectivity index (χ4n) is 3.10. The molecule has 4 nitrogen and oxygen atoms in total. The van der Waals surface area contributed by atoms with Gasteiger partial charge in [-0.1, -0.05) is 13.8 Å². The maximum atomic E-state index is 4.37. The number of nitrogens with one attached hydrogen (secondary N) is 2. The van der Waals surface area contributed by atoms with Gasteiger partial charge in [-0.3, -0.25) is 4.99 Å². The monoisotopic (exact) mass is 422 g/mol. The number of aryl methyl sites for hydroxylation is 1. The van der Waals surface area contributed by atoms with Gasteiger partial charge in [0.25, 0.3) is 0 Å². The number of thiazole rings is 1. The third kappa shape index (κ3) is 6.10. The van der Waals surface area contributed by atoms with Crippen molar-refractivity contribution in [3.63, 3.8) is 0 Å². The molecule has 0 aromatic carbocycles. The summed E-state index contributed by atoms with van der Waals surface area (Å²) in [6.45, 7) is 7.52. The number of guanidine groups is 1. The van der Waals surface area contributed by atoms with Crippen LogP contribution in [-0.2, 0) is 6.54 Å². The highest BCUT2D eigenvalue weighted by Gasteiger charge is 2.24. The van der Waals surface area contributed by atoms with E-state index in [1.807, 2.05) is 13.2 Å². The lowest BCUT2D eigenvalue weighted by Crippen LogP contribution is -2.45. The van der Waals surface area contributed by atoms with Crippen LogP contribution in [0.3, 0.4) is 0 Å². The van der Waals surface area contributed by atoms with Crippen LogP contribution >= 0.6 is 35.3 Å². The summed E-state index contributed by atoms with van der Waals surface area (Å²) in [5, 5.41) is 8.03. The molecule has 6 heteroatoms. The molecule has 21 heavy (non-hydrogen) atoms. The number of hydrogen-bond acceptors (Lipinski definition) is 3. The van der Waals surface area contributed by atoms with Crippen molar-refractivity contribution in [2.24, 2.45) is 16.8 Å². The van der Waals surface area contributed by atoms with E-state index in [-0.39, 0.29) is 24.0 Å². The number of nitrogens with zero attached hydrogens (tertiary/aromatic N) is 2. The van der Waals surface area contributed by atoms with E-state index in [0.29, 0.717) is 6.04 Å². The van der Waals surface area contributed by atoms with E-state index in [2.05, 4.69) is 41.4 Å². The van der Waals surface area contributed by atoms with Gasteiger partial charge in [-0.25, -0.2) is 4.98 Å². The molecule has 0 radical (unpaired) electrons. The summed E-state index contributed by atoms with van der Waals surface area (Å²) >= 11 is 1.73. The second-order valence-corrected chi connectivity index (χ2v) is 7.37. The molecule has 2 atom stereocenters. The highest BCUT2D eigenvalue weighted by Crippen LogP contribution is 2.28. The molecular formula is C15H27IN4S. The van der Waals surface area contributed by atoms with Crippen LogP contribution in [0, 0.1) is 18.8 Å². The Labute approximate surface area is 149 Å². The van der Waals surface area contributed by atoms with E-state index in [4.69, 9.17) is 0 Å². The maximum Gasteiger partial charge on any atom is 0.191 e. The lowest BCUT2D eigenvalue weighted by atomic mass is 9.80. The minimum Gasteiger partial charge on any atom is -0.354 e. The second kappa shape index (κ2) is 8.92. The summed E-state index contributed by atoms with van der Waals surface area (Å²) in [6, 6.07) is 0.540. The number of rotatable bonds is 3. The smallest absolute Gasteiger partial charge is 0.191 e. The fourth-order valence-corrected chi connectivity index (χ4v) is 3.82. The van der Waals surface area contributed by atoms with Crippen molar-refractivity contribution in [2.45, 2.75) is 52.6 Å². The van der Waals surface area contributed by atoms with Gasteiger partial charge in [0.2, 0.25) is 0 Å². The van der Waals surface area contributed by atoms with Crippen LogP contribution in [0.15, 0.2) is 11.2 Å². The van der Waals surface area contributed by atoms with Crippen LogP contribution in [0.1, 0.15) is 43.0 Å². The first-order valence-corrected chi connectivity index (χ1v) is 8.27. The molecule has 0 saturated heterocycles. The first-order chi connectivity index (χ1) is 9.56. The third-order valence-corrected chi connectivity index (χ3v) is 4.73. The zero-order valence-corrected chi connectivity index (χ0v) is 16.5. The maximum absolute atomic E-state index is 4.37. The molecular weight excluding hydrogens is 395 g/mol. The molecule has 1 aromatic rings. The molecule has 2 rings (SSSR count). The third-order valence-electron chi connectivity index (χ3n) is 3.82. The zero-order valence-electron chi connectivity index (χ0n) is 13.3. The average molecular weight is 422 g/mol. The predicted molar refractivity (Wildman–Crippen MR) is 102 cm³/mol. The standard InChI is InChI=1S/C15H26N4S.HI/c1-10-5-11(2)7-13(6-10)19-15(16-4)18-9-14-17-8-12(3)20-14;/h8,10-11,13H,5-7,9H2,1-4H3,(H2,16,18,19);1H. The molecule has 1 saturated carbocycles. The molecule has 1 aliphatic carbocycles. The topological polar surface area (TPSA) is 49.3 Å². The van der Waals surface area contributed by atoms with Gasteiger partial charge in [-0.15, -0.1) is 35.3 Å². The molecule has 0 amide bonds. The molecule has 0 spiro atoms. The highest BCUT2D eigenvalue weighted by molar-refractivity contribution is 14.0. The van der Waals surface area contributed by atoms with Gasteiger partial charge in [0, 0.05) is 24.2 Å². The van der Waals surface area contributed by atoms with Gasteiger partial charge in [0.15, 0.2) is 5.96 Å². The van der Waals surface area contributed by atoms with Gasteiger partial charge < -0.3 is 10.6 Å². The first-order valence-electron chi connectivity index (χ1n) is 7.45. The van der Waals surface area contributed by atoms with Crippen molar-refractivity contribution in [3.8, 4) is 0 Å². The molecule has 1 aromatic heterocycles. The van der Waals surface area contributed by atoms with Crippen LogP contribution in [0.5, 0.6) is 0 Å². The molecule has 120 valence electrons. The van der Waals surface area contributed by atoms with Crippen molar-refractivity contribution in [1.29, 1.82) is 0 Å². The summed E-state index contributed by atoms with van der Waals surface area (Å²) in [5.41, 5.74) is 0. The van der Waals surface area contributed by atoms with Crippen LogP contribution in [0.25, 0.3) is 0 Å². The predicted octanol–water partition coefficient (Wildman–Crippen LogP) is 3.56.